The van der Waals surface area contributed by atoms with Crippen LogP contribution in [0.5, 0.6) is 0 Å². The average molecular weight is 573 g/mol. The van der Waals surface area contributed by atoms with Crippen LogP contribution in [0, 0.1) is 0 Å². The van der Waals surface area contributed by atoms with Gasteiger partial charge in [-0.05, 0) is 115 Å². The van der Waals surface area contributed by atoms with Gasteiger partial charge >= 0.3 is 0 Å². The topological polar surface area (TPSA) is 13.1 Å². The van der Waals surface area contributed by atoms with Gasteiger partial charge in [-0.2, -0.15) is 0 Å². The highest BCUT2D eigenvalue weighted by Crippen LogP contribution is 2.43. The van der Waals surface area contributed by atoms with E-state index in [2.05, 4.69) is 144 Å². The zero-order chi connectivity index (χ0) is 31.3. The van der Waals surface area contributed by atoms with Crippen LogP contribution >= 0.6 is 0 Å². The van der Waals surface area contributed by atoms with Crippen molar-refractivity contribution in [1.82, 2.24) is 0 Å². The molecule has 1 heteroatoms. The van der Waals surface area contributed by atoms with Gasteiger partial charge in [-0.1, -0.05) is 119 Å². The van der Waals surface area contributed by atoms with E-state index in [0.29, 0.717) is 35.5 Å². The second-order valence-corrected chi connectivity index (χ2v) is 14.6. The van der Waals surface area contributed by atoms with Crippen LogP contribution in [0.25, 0.3) is 44.2 Å². The molecule has 1 nitrogen and oxygen atoms in total. The highest BCUT2D eigenvalue weighted by atomic mass is 16.3. The Kier molecular flexibility index (Phi) is 8.68. The monoisotopic (exact) mass is 572 g/mol. The molecule has 0 radical (unpaired) electrons. The van der Waals surface area contributed by atoms with Gasteiger partial charge in [-0.15, -0.1) is 0 Å². The molecule has 0 saturated heterocycles. The van der Waals surface area contributed by atoms with Gasteiger partial charge in [0.1, 0.15) is 11.2 Å². The molecule has 0 fully saturated rings. The molecule has 0 aliphatic carbocycles. The summed E-state index contributed by atoms with van der Waals surface area (Å²) in [4.78, 5) is 0. The Hall–Kier alpha value is -3.32. The molecule has 0 aliphatic rings. The minimum absolute atomic E-state index is 0.437. The van der Waals surface area contributed by atoms with Crippen LogP contribution < -0.4 is 0 Å². The maximum Gasteiger partial charge on any atom is 0.135 e. The summed E-state index contributed by atoms with van der Waals surface area (Å²) in [6.45, 7) is 27.8. The lowest BCUT2D eigenvalue weighted by molar-refractivity contribution is 0.669. The van der Waals surface area contributed by atoms with Crippen LogP contribution in [-0.2, 0) is 0 Å². The second-order valence-electron chi connectivity index (χ2n) is 14.6. The third kappa shape index (κ3) is 5.81. The molecular formula is C42H52O. The molecule has 1 heterocycles. The Morgan fingerprint density at radius 1 is 0.372 bits per heavy atom. The number of fused-ring (bicyclic) bond motifs is 3. The third-order valence-corrected chi connectivity index (χ3v) is 9.31. The predicted octanol–water partition coefficient (Wildman–Crippen LogP) is 13.7. The van der Waals surface area contributed by atoms with Crippen LogP contribution in [-0.4, -0.2) is 0 Å². The molecule has 0 atom stereocenters. The van der Waals surface area contributed by atoms with Crippen molar-refractivity contribution in [3.8, 4) is 22.3 Å². The summed E-state index contributed by atoms with van der Waals surface area (Å²) in [6.07, 6.45) is 0. The molecular weight excluding hydrogens is 520 g/mol. The number of hydrogen-bond donors (Lipinski definition) is 0. The molecule has 1 aromatic heterocycles. The zero-order valence-corrected chi connectivity index (χ0v) is 28.6. The third-order valence-electron chi connectivity index (χ3n) is 9.31. The summed E-state index contributed by atoms with van der Waals surface area (Å²) in [7, 11) is 0. The van der Waals surface area contributed by atoms with Gasteiger partial charge in [0, 0.05) is 10.8 Å². The maximum absolute atomic E-state index is 6.45. The van der Waals surface area contributed by atoms with Crippen molar-refractivity contribution in [3.63, 3.8) is 0 Å². The lowest BCUT2D eigenvalue weighted by Gasteiger charge is -2.23. The van der Waals surface area contributed by atoms with Gasteiger partial charge in [-0.25, -0.2) is 0 Å². The van der Waals surface area contributed by atoms with Crippen molar-refractivity contribution in [2.45, 2.75) is 119 Å². The van der Waals surface area contributed by atoms with E-state index >= 15 is 0 Å². The molecule has 43 heavy (non-hydrogen) atoms. The number of rotatable bonds is 8. The minimum atomic E-state index is 0.437. The van der Waals surface area contributed by atoms with Gasteiger partial charge in [-0.3, -0.25) is 0 Å². The van der Waals surface area contributed by atoms with Gasteiger partial charge < -0.3 is 4.42 Å². The SMILES string of the molecule is CC(C)c1cc(C(C)C)c(-c2ccc3oc4ccc(-c5c(C(C)C)cc(C(C)C)cc5C(C)C)cc4c3c2)c(C(C)C)c1. The molecule has 226 valence electrons. The number of hydrogen-bond acceptors (Lipinski definition) is 1. The van der Waals surface area contributed by atoms with Gasteiger partial charge in [0.15, 0.2) is 0 Å². The highest BCUT2D eigenvalue weighted by Gasteiger charge is 2.22. The molecule has 0 saturated carbocycles. The maximum atomic E-state index is 6.45. The zero-order valence-electron chi connectivity index (χ0n) is 28.6. The summed E-state index contributed by atoms with van der Waals surface area (Å²) >= 11 is 0. The minimum Gasteiger partial charge on any atom is -0.456 e. The Morgan fingerprint density at radius 3 is 0.930 bits per heavy atom. The van der Waals surface area contributed by atoms with Gasteiger partial charge in [0.05, 0.1) is 0 Å². The Bertz CT molecular complexity index is 1580. The van der Waals surface area contributed by atoms with Crippen molar-refractivity contribution in [2.75, 3.05) is 0 Å². The van der Waals surface area contributed by atoms with Crippen molar-refractivity contribution in [3.05, 3.63) is 94.0 Å². The van der Waals surface area contributed by atoms with Crippen molar-refractivity contribution < 1.29 is 4.42 Å². The van der Waals surface area contributed by atoms with Crippen molar-refractivity contribution in [2.24, 2.45) is 0 Å². The number of benzene rings is 4. The first kappa shape index (κ1) is 31.1. The molecule has 0 unspecified atom stereocenters. The van der Waals surface area contributed by atoms with Crippen molar-refractivity contribution >= 4 is 21.9 Å². The Balaban J connectivity index is 1.78. The number of furan rings is 1. The molecule has 0 spiro atoms. The normalized spacial score (nSPS) is 12.5. The largest absolute Gasteiger partial charge is 0.456 e. The lowest BCUT2D eigenvalue weighted by atomic mass is 9.81. The van der Waals surface area contributed by atoms with E-state index < -0.39 is 0 Å². The molecule has 0 aliphatic heterocycles. The van der Waals surface area contributed by atoms with Crippen LogP contribution in [0.2, 0.25) is 0 Å². The lowest BCUT2D eigenvalue weighted by Crippen LogP contribution is -2.03. The quantitative estimate of drug-likeness (QED) is 0.180. The molecule has 0 amide bonds. The Morgan fingerprint density at radius 2 is 0.674 bits per heavy atom. The summed E-state index contributed by atoms with van der Waals surface area (Å²) < 4.78 is 6.45. The van der Waals surface area contributed by atoms with Crippen LogP contribution in [0.15, 0.2) is 65.1 Å². The fourth-order valence-electron chi connectivity index (χ4n) is 6.67. The van der Waals surface area contributed by atoms with E-state index in [0.717, 1.165) is 11.2 Å². The van der Waals surface area contributed by atoms with E-state index in [4.69, 9.17) is 4.42 Å². The first-order valence-corrected chi connectivity index (χ1v) is 16.6. The van der Waals surface area contributed by atoms with E-state index in [9.17, 15) is 0 Å². The van der Waals surface area contributed by atoms with Crippen LogP contribution in [0.4, 0.5) is 0 Å². The van der Waals surface area contributed by atoms with E-state index in [1.807, 2.05) is 0 Å². The van der Waals surface area contributed by atoms with E-state index in [1.165, 1.54) is 66.4 Å². The first-order valence-electron chi connectivity index (χ1n) is 16.6. The van der Waals surface area contributed by atoms with Crippen LogP contribution in [0.3, 0.4) is 0 Å². The molecule has 0 bridgehead atoms. The summed E-state index contributed by atoms with van der Waals surface area (Å²) in [5.74, 6) is 2.76. The Labute approximate surface area is 260 Å². The average Bonchev–Trinajstić information content (AvgIpc) is 3.32. The summed E-state index contributed by atoms with van der Waals surface area (Å²) in [6, 6.07) is 23.5. The van der Waals surface area contributed by atoms with E-state index in [-0.39, 0.29) is 0 Å². The molecule has 0 N–H and O–H groups in total. The molecule has 5 rings (SSSR count). The summed E-state index contributed by atoms with van der Waals surface area (Å²) in [5, 5.41) is 2.39. The van der Waals surface area contributed by atoms with Crippen molar-refractivity contribution in [1.29, 1.82) is 0 Å². The van der Waals surface area contributed by atoms with E-state index in [1.54, 1.807) is 0 Å². The molecule has 5 aromatic rings. The predicted molar refractivity (Wildman–Crippen MR) is 189 cm³/mol. The molecule has 4 aromatic carbocycles. The fraction of sp³-hybridized carbons (Fsp3) is 0.429. The summed E-state index contributed by atoms with van der Waals surface area (Å²) in [5.41, 5.74) is 15.9. The fourth-order valence-corrected chi connectivity index (χ4v) is 6.67. The van der Waals surface area contributed by atoms with Gasteiger partial charge in [0.25, 0.3) is 0 Å². The highest BCUT2D eigenvalue weighted by molar-refractivity contribution is 6.08. The first-order chi connectivity index (χ1) is 20.3. The smallest absolute Gasteiger partial charge is 0.135 e. The van der Waals surface area contributed by atoms with Crippen LogP contribution in [0.1, 0.15) is 152 Å². The standard InChI is InChI=1S/C42H52O/c1-23(2)31-19-33(25(5)6)41(34(20-31)26(7)8)29-13-15-39-37(17-29)38-18-30(14-16-40(38)43-39)42-35(27(9)10)21-32(24(3)4)22-36(42)28(11)12/h13-28H,1-12H3. The second kappa shape index (κ2) is 12.0. The van der Waals surface area contributed by atoms with Gasteiger partial charge in [0.2, 0.25) is 0 Å².